The number of benzene rings is 1. The first-order chi connectivity index (χ1) is 19.2. The second kappa shape index (κ2) is 10.5. The Hall–Kier alpha value is -3.46. The molecule has 0 spiro atoms. The summed E-state index contributed by atoms with van der Waals surface area (Å²) in [7, 11) is -3.99. The van der Waals surface area contributed by atoms with Crippen LogP contribution < -0.4 is 5.32 Å². The maximum absolute atomic E-state index is 13.7. The van der Waals surface area contributed by atoms with Crippen molar-refractivity contribution in [3.63, 3.8) is 0 Å². The molecule has 3 aromatic rings. The van der Waals surface area contributed by atoms with Gasteiger partial charge in [-0.3, -0.25) is 14.4 Å². The van der Waals surface area contributed by atoms with Gasteiger partial charge < -0.3 is 29.3 Å². The van der Waals surface area contributed by atoms with Gasteiger partial charge in [-0.1, -0.05) is 11.6 Å². The highest BCUT2D eigenvalue weighted by Crippen LogP contribution is 2.28. The second-order valence-corrected chi connectivity index (χ2v) is 12.3. The lowest BCUT2D eigenvalue weighted by molar-refractivity contribution is -0.136. The van der Waals surface area contributed by atoms with Crippen molar-refractivity contribution in [3.05, 3.63) is 46.6 Å². The number of carbonyl (C=O) groups is 3. The Morgan fingerprint density at radius 3 is 2.73 bits per heavy atom. The van der Waals surface area contributed by atoms with Gasteiger partial charge in [0, 0.05) is 55.1 Å². The van der Waals surface area contributed by atoms with E-state index in [1.807, 2.05) is 0 Å². The largest absolute Gasteiger partial charge is 0.435 e. The zero-order valence-corrected chi connectivity index (χ0v) is 23.0. The molecule has 5 heterocycles. The van der Waals surface area contributed by atoms with Crippen molar-refractivity contribution in [1.82, 2.24) is 29.4 Å². The molecule has 2 saturated heterocycles. The molecule has 1 atom stereocenters. The van der Waals surface area contributed by atoms with Gasteiger partial charge in [0.15, 0.2) is 0 Å². The number of hydrogen-bond donors (Lipinski definition) is 2. The van der Waals surface area contributed by atoms with E-state index in [2.05, 4.69) is 15.3 Å². The molecule has 2 N–H and O–H groups in total. The van der Waals surface area contributed by atoms with Crippen LogP contribution in [0.4, 0.5) is 0 Å². The lowest BCUT2D eigenvalue weighted by Gasteiger charge is -2.40. The van der Waals surface area contributed by atoms with Crippen molar-refractivity contribution >= 4 is 50.2 Å². The number of H-pyrrole nitrogens is 1. The normalized spacial score (nSPS) is 20.4. The summed E-state index contributed by atoms with van der Waals surface area (Å²) in [6.45, 7) is 1.74. The number of halogens is 1. The highest BCUT2D eigenvalue weighted by Gasteiger charge is 2.40. The van der Waals surface area contributed by atoms with Gasteiger partial charge >= 0.3 is 5.91 Å². The number of ether oxygens (including phenoxy) is 1. The molecule has 0 radical (unpaired) electrons. The number of hydrogen-bond acceptors (Lipinski definition) is 8. The van der Waals surface area contributed by atoms with Gasteiger partial charge in [0.1, 0.15) is 10.8 Å². The lowest BCUT2D eigenvalue weighted by atomic mass is 10.1. The minimum Gasteiger partial charge on any atom is -0.435 e. The highest BCUT2D eigenvalue weighted by atomic mass is 35.5. The maximum atomic E-state index is 13.7. The summed E-state index contributed by atoms with van der Waals surface area (Å²) >= 11 is 6.07. The van der Waals surface area contributed by atoms with Crippen LogP contribution in [-0.4, -0.2) is 102 Å². The summed E-state index contributed by atoms with van der Waals surface area (Å²) in [6.07, 6.45) is -0.0761. The van der Waals surface area contributed by atoms with Crippen LogP contribution in [0.5, 0.6) is 0 Å². The van der Waals surface area contributed by atoms with Crippen LogP contribution in [0.1, 0.15) is 28.6 Å². The Labute approximate surface area is 234 Å². The molecule has 40 heavy (non-hydrogen) atoms. The van der Waals surface area contributed by atoms with E-state index in [9.17, 15) is 22.8 Å². The number of rotatable bonds is 5. The molecule has 212 valence electrons. The van der Waals surface area contributed by atoms with Crippen molar-refractivity contribution in [1.29, 1.82) is 0 Å². The summed E-state index contributed by atoms with van der Waals surface area (Å²) in [5.41, 5.74) is 1.02. The molecule has 2 fully saturated rings. The highest BCUT2D eigenvalue weighted by molar-refractivity contribution is 7.89. The van der Waals surface area contributed by atoms with Crippen molar-refractivity contribution in [2.24, 2.45) is 0 Å². The predicted octanol–water partition coefficient (Wildman–Crippen LogP) is 0.746. The zero-order valence-electron chi connectivity index (χ0n) is 21.4. The van der Waals surface area contributed by atoms with Crippen LogP contribution in [0.25, 0.3) is 10.9 Å². The molecule has 0 saturated carbocycles. The van der Waals surface area contributed by atoms with Gasteiger partial charge in [-0.15, -0.1) is 0 Å². The third-order valence-electron chi connectivity index (χ3n) is 7.39. The SMILES string of the molecule is O=C1Cc2nc(C(=O)N3CCN(S(=O)(=O)c4cc5cc(Cl)ccc5[nH]4)CC3CC(=O)N3CCOCC3)oc2CN1. The van der Waals surface area contributed by atoms with Crippen LogP contribution in [0, 0.1) is 0 Å². The summed E-state index contributed by atoms with van der Waals surface area (Å²) in [6, 6.07) is 5.80. The standard InChI is InChI=1S/C25H27ClN6O7S/c26-16-1-2-18-15(9-16)10-22(28-18)40(36,37)31-3-4-32(17(14-31)11-23(34)30-5-7-38-8-6-30)25(35)24-29-19-12-21(33)27-13-20(19)39-24/h1-2,9-10,17,28H,3-8,11-14H2,(H,27,33). The number of amides is 3. The fraction of sp³-hybridized carbons (Fsp3) is 0.440. The topological polar surface area (TPSA) is 158 Å². The maximum Gasteiger partial charge on any atom is 0.310 e. The third-order valence-corrected chi connectivity index (χ3v) is 9.41. The van der Waals surface area contributed by atoms with E-state index >= 15 is 0 Å². The van der Waals surface area contributed by atoms with Gasteiger partial charge in [-0.25, -0.2) is 13.4 Å². The van der Waals surface area contributed by atoms with Crippen LogP contribution in [0.2, 0.25) is 5.02 Å². The summed E-state index contributed by atoms with van der Waals surface area (Å²) in [4.78, 5) is 48.8. The molecule has 15 heteroatoms. The number of aromatic nitrogens is 2. The van der Waals surface area contributed by atoms with Crippen molar-refractivity contribution in [3.8, 4) is 0 Å². The fourth-order valence-corrected chi connectivity index (χ4v) is 6.92. The van der Waals surface area contributed by atoms with Gasteiger partial charge in [-0.05, 0) is 24.3 Å². The van der Waals surface area contributed by atoms with E-state index in [1.54, 1.807) is 23.1 Å². The van der Waals surface area contributed by atoms with E-state index in [0.29, 0.717) is 53.7 Å². The molecule has 1 unspecified atom stereocenters. The summed E-state index contributed by atoms with van der Waals surface area (Å²) < 4.78 is 39.6. The summed E-state index contributed by atoms with van der Waals surface area (Å²) in [5.74, 6) is -0.754. The molecule has 3 amide bonds. The van der Waals surface area contributed by atoms with E-state index in [4.69, 9.17) is 20.8 Å². The first-order valence-corrected chi connectivity index (χ1v) is 14.7. The van der Waals surface area contributed by atoms with E-state index in [-0.39, 0.29) is 61.8 Å². The number of sulfonamides is 1. The van der Waals surface area contributed by atoms with Crippen molar-refractivity contribution < 1.29 is 32.0 Å². The number of nitrogens with one attached hydrogen (secondary N) is 2. The number of fused-ring (bicyclic) bond motifs is 2. The molecule has 3 aliphatic rings. The van der Waals surface area contributed by atoms with Crippen LogP contribution in [0.3, 0.4) is 0 Å². The number of morpholine rings is 1. The predicted molar refractivity (Wildman–Crippen MR) is 141 cm³/mol. The van der Waals surface area contributed by atoms with Crippen LogP contribution >= 0.6 is 11.6 Å². The van der Waals surface area contributed by atoms with E-state index in [0.717, 1.165) is 0 Å². The first-order valence-electron chi connectivity index (χ1n) is 12.9. The fourth-order valence-electron chi connectivity index (χ4n) is 5.25. The van der Waals surface area contributed by atoms with Crippen LogP contribution in [-0.2, 0) is 37.3 Å². The molecule has 13 nitrogen and oxygen atoms in total. The Balaban J connectivity index is 1.27. The zero-order chi connectivity index (χ0) is 28.0. The van der Waals surface area contributed by atoms with E-state index < -0.39 is 22.0 Å². The second-order valence-electron chi connectivity index (χ2n) is 9.92. The van der Waals surface area contributed by atoms with Gasteiger partial charge in [0.2, 0.25) is 11.8 Å². The average molecular weight is 591 g/mol. The monoisotopic (exact) mass is 590 g/mol. The Bertz CT molecular complexity index is 1600. The Kier molecular flexibility index (Phi) is 7.02. The quantitative estimate of drug-likeness (QED) is 0.440. The number of oxazole rings is 1. The van der Waals surface area contributed by atoms with Gasteiger partial charge in [-0.2, -0.15) is 4.31 Å². The molecule has 6 rings (SSSR count). The number of piperazine rings is 1. The lowest BCUT2D eigenvalue weighted by Crippen LogP contribution is -2.58. The molecule has 2 aromatic heterocycles. The van der Waals surface area contributed by atoms with Crippen LogP contribution in [0.15, 0.2) is 33.7 Å². The van der Waals surface area contributed by atoms with Gasteiger partial charge in [0.25, 0.3) is 15.9 Å². The number of aromatic amines is 1. The van der Waals surface area contributed by atoms with Crippen molar-refractivity contribution in [2.45, 2.75) is 30.5 Å². The molecule has 3 aliphatic heterocycles. The Morgan fingerprint density at radius 1 is 1.12 bits per heavy atom. The van der Waals surface area contributed by atoms with E-state index in [1.165, 1.54) is 15.3 Å². The van der Waals surface area contributed by atoms with Gasteiger partial charge in [0.05, 0.1) is 37.9 Å². The smallest absolute Gasteiger partial charge is 0.310 e. The Morgan fingerprint density at radius 2 is 1.93 bits per heavy atom. The number of nitrogens with zero attached hydrogens (tertiary/aromatic N) is 4. The minimum absolute atomic E-state index is 0.000317. The molecule has 0 aliphatic carbocycles. The van der Waals surface area contributed by atoms with Crippen molar-refractivity contribution in [2.75, 3.05) is 45.9 Å². The first kappa shape index (κ1) is 26.7. The average Bonchev–Trinajstić information content (AvgIpc) is 3.57. The third kappa shape index (κ3) is 5.07. The summed E-state index contributed by atoms with van der Waals surface area (Å²) in [5, 5.41) is 3.79. The number of carbonyl (C=O) groups excluding carboxylic acids is 3. The molecular formula is C25H27ClN6O7S. The molecule has 1 aromatic carbocycles. The molecule has 0 bridgehead atoms. The molecular weight excluding hydrogens is 564 g/mol. The minimum atomic E-state index is -3.99.